The third kappa shape index (κ3) is 6.05. The Kier molecular flexibility index (Phi) is 6.40. The van der Waals surface area contributed by atoms with E-state index in [1.54, 1.807) is 0 Å². The van der Waals surface area contributed by atoms with Crippen LogP contribution in [0.5, 0.6) is 5.75 Å². The van der Waals surface area contributed by atoms with Gasteiger partial charge in [0.25, 0.3) is 0 Å². The minimum atomic E-state index is -4.89. The fourth-order valence-electron chi connectivity index (χ4n) is 2.22. The molecule has 1 amide bonds. The molecule has 0 aliphatic rings. The van der Waals surface area contributed by atoms with Gasteiger partial charge in [-0.1, -0.05) is 12.0 Å². The van der Waals surface area contributed by atoms with Crippen LogP contribution in [0.25, 0.3) is 11.1 Å². The molecule has 0 fully saturated rings. The quantitative estimate of drug-likeness (QED) is 0.642. The van der Waals surface area contributed by atoms with E-state index in [1.165, 1.54) is 37.4 Å². The van der Waals surface area contributed by atoms with Crippen LogP contribution < -0.4 is 10.1 Å². The molecule has 0 spiro atoms. The predicted molar refractivity (Wildman–Crippen MR) is 92.4 cm³/mol. The van der Waals surface area contributed by atoms with Gasteiger partial charge in [-0.05, 0) is 30.2 Å². The maximum Gasteiger partial charge on any atom is 0.573 e. The average molecular weight is 373 g/mol. The predicted octanol–water partition coefficient (Wildman–Crippen LogP) is 4.26. The van der Waals surface area contributed by atoms with Crippen molar-refractivity contribution in [1.82, 2.24) is 4.98 Å². The number of aromatic nitrogens is 1. The number of anilines is 1. The molecule has 0 radical (unpaired) electrons. The monoisotopic (exact) mass is 373 g/mol. The van der Waals surface area contributed by atoms with Crippen LogP contribution in [0.1, 0.15) is 25.5 Å². The lowest BCUT2D eigenvalue weighted by Crippen LogP contribution is -2.18. The number of rotatable bonds is 4. The Balaban J connectivity index is 2.43. The molecular formula is C19H14F3N3O2. The molecule has 0 aliphatic heterocycles. The number of hydrogen-bond acceptors (Lipinski definition) is 4. The van der Waals surface area contributed by atoms with E-state index < -0.39 is 18.0 Å². The molecule has 2 aromatic rings. The minimum absolute atomic E-state index is 0.0570. The maximum atomic E-state index is 12.7. The van der Waals surface area contributed by atoms with Crippen LogP contribution >= 0.6 is 0 Å². The van der Waals surface area contributed by atoms with E-state index in [4.69, 9.17) is 5.26 Å². The Hall–Kier alpha value is -3.52. The van der Waals surface area contributed by atoms with Crippen molar-refractivity contribution in [3.8, 4) is 34.8 Å². The summed E-state index contributed by atoms with van der Waals surface area (Å²) in [6, 6.07) is 9.01. The highest BCUT2D eigenvalue weighted by atomic mass is 19.4. The molecule has 2 rings (SSSR count). The SMILES string of the molecule is CC(=O)Nc1cccc(OC(F)(F)F)c1-c1ccc(C#CCCC#N)nc1. The highest BCUT2D eigenvalue weighted by Crippen LogP contribution is 2.39. The first-order valence-corrected chi connectivity index (χ1v) is 7.79. The zero-order chi connectivity index (χ0) is 19.9. The second-order valence-electron chi connectivity index (χ2n) is 5.30. The van der Waals surface area contributed by atoms with Crippen LogP contribution in [0.4, 0.5) is 18.9 Å². The number of unbranched alkanes of at least 4 members (excludes halogenated alkanes) is 1. The van der Waals surface area contributed by atoms with Crippen molar-refractivity contribution in [1.29, 1.82) is 5.26 Å². The van der Waals surface area contributed by atoms with Crippen molar-refractivity contribution in [2.45, 2.75) is 26.1 Å². The first-order valence-electron chi connectivity index (χ1n) is 7.79. The fraction of sp³-hybridized carbons (Fsp3) is 0.211. The molecule has 1 aromatic heterocycles. The average Bonchev–Trinajstić information content (AvgIpc) is 2.58. The van der Waals surface area contributed by atoms with E-state index in [0.29, 0.717) is 24.1 Å². The van der Waals surface area contributed by atoms with Gasteiger partial charge in [0.2, 0.25) is 5.91 Å². The molecular weight excluding hydrogens is 359 g/mol. The molecule has 0 saturated heterocycles. The van der Waals surface area contributed by atoms with Crippen molar-refractivity contribution < 1.29 is 22.7 Å². The molecule has 0 bridgehead atoms. The summed E-state index contributed by atoms with van der Waals surface area (Å²) < 4.78 is 42.3. The van der Waals surface area contributed by atoms with Gasteiger partial charge in [0.05, 0.1) is 11.8 Å². The summed E-state index contributed by atoms with van der Waals surface area (Å²) in [6.45, 7) is 1.25. The Morgan fingerprint density at radius 2 is 2.04 bits per heavy atom. The molecule has 8 heteroatoms. The summed E-state index contributed by atoms with van der Waals surface area (Å²) in [4.78, 5) is 15.5. The van der Waals surface area contributed by atoms with Gasteiger partial charge in [-0.3, -0.25) is 4.79 Å². The van der Waals surface area contributed by atoms with Gasteiger partial charge >= 0.3 is 6.36 Å². The van der Waals surface area contributed by atoms with Crippen LogP contribution in [0, 0.1) is 23.2 Å². The van der Waals surface area contributed by atoms with Gasteiger partial charge in [-0.25, -0.2) is 4.98 Å². The van der Waals surface area contributed by atoms with E-state index in [0.717, 1.165) is 6.07 Å². The molecule has 5 nitrogen and oxygen atoms in total. The number of carbonyl (C=O) groups excluding carboxylic acids is 1. The zero-order valence-corrected chi connectivity index (χ0v) is 14.2. The Morgan fingerprint density at radius 3 is 2.63 bits per heavy atom. The number of halogens is 3. The smallest absolute Gasteiger partial charge is 0.405 e. The molecule has 1 N–H and O–H groups in total. The van der Waals surface area contributed by atoms with E-state index in [9.17, 15) is 18.0 Å². The summed E-state index contributed by atoms with van der Waals surface area (Å²) >= 11 is 0. The summed E-state index contributed by atoms with van der Waals surface area (Å²) in [5.41, 5.74) is 0.952. The summed E-state index contributed by atoms with van der Waals surface area (Å²) in [6.07, 6.45) is -2.84. The number of pyridine rings is 1. The Bertz CT molecular complexity index is 920. The number of carbonyl (C=O) groups is 1. The number of hydrogen-bond donors (Lipinski definition) is 1. The van der Waals surface area contributed by atoms with Gasteiger partial charge in [0.15, 0.2) is 0 Å². The van der Waals surface area contributed by atoms with Crippen LogP contribution in [0.3, 0.4) is 0 Å². The fourth-order valence-corrected chi connectivity index (χ4v) is 2.22. The molecule has 1 heterocycles. The molecule has 0 saturated carbocycles. The van der Waals surface area contributed by atoms with Gasteiger partial charge in [0, 0.05) is 37.1 Å². The first kappa shape index (κ1) is 19.8. The van der Waals surface area contributed by atoms with E-state index in [-0.39, 0.29) is 11.3 Å². The summed E-state index contributed by atoms with van der Waals surface area (Å²) in [5, 5.41) is 11.0. The van der Waals surface area contributed by atoms with Gasteiger partial charge in [-0.15, -0.1) is 13.2 Å². The van der Waals surface area contributed by atoms with Crippen molar-refractivity contribution >= 4 is 11.6 Å². The number of benzene rings is 1. The molecule has 0 atom stereocenters. The van der Waals surface area contributed by atoms with Crippen molar-refractivity contribution in [2.24, 2.45) is 0 Å². The topological polar surface area (TPSA) is 75.0 Å². The van der Waals surface area contributed by atoms with Crippen molar-refractivity contribution in [3.05, 3.63) is 42.2 Å². The van der Waals surface area contributed by atoms with Crippen LogP contribution in [-0.2, 0) is 4.79 Å². The van der Waals surface area contributed by atoms with Crippen LogP contribution in [0.15, 0.2) is 36.5 Å². The van der Waals surface area contributed by atoms with E-state index in [2.05, 4.69) is 26.9 Å². The van der Waals surface area contributed by atoms with E-state index in [1.807, 2.05) is 6.07 Å². The molecule has 1 aromatic carbocycles. The number of alkyl halides is 3. The summed E-state index contributed by atoms with van der Waals surface area (Å²) in [5.74, 6) is 4.65. The second-order valence-corrected chi connectivity index (χ2v) is 5.30. The third-order valence-electron chi connectivity index (χ3n) is 3.19. The molecule has 27 heavy (non-hydrogen) atoms. The normalized spacial score (nSPS) is 10.3. The number of nitrogens with one attached hydrogen (secondary N) is 1. The number of ether oxygens (including phenoxy) is 1. The lowest BCUT2D eigenvalue weighted by atomic mass is 10.0. The maximum absolute atomic E-state index is 12.7. The third-order valence-corrected chi connectivity index (χ3v) is 3.19. The molecule has 0 aliphatic carbocycles. The van der Waals surface area contributed by atoms with E-state index >= 15 is 0 Å². The number of nitriles is 1. The number of nitrogens with zero attached hydrogens (tertiary/aromatic N) is 2. The Morgan fingerprint density at radius 1 is 1.26 bits per heavy atom. The lowest BCUT2D eigenvalue weighted by molar-refractivity contribution is -0.274. The Labute approximate surface area is 153 Å². The molecule has 0 unspecified atom stereocenters. The van der Waals surface area contributed by atoms with Gasteiger partial charge in [-0.2, -0.15) is 5.26 Å². The lowest BCUT2D eigenvalue weighted by Gasteiger charge is -2.17. The van der Waals surface area contributed by atoms with Crippen molar-refractivity contribution in [3.63, 3.8) is 0 Å². The van der Waals surface area contributed by atoms with Crippen molar-refractivity contribution in [2.75, 3.05) is 5.32 Å². The summed E-state index contributed by atoms with van der Waals surface area (Å²) in [7, 11) is 0. The van der Waals surface area contributed by atoms with Gasteiger partial charge < -0.3 is 10.1 Å². The largest absolute Gasteiger partial charge is 0.573 e. The first-order chi connectivity index (χ1) is 12.8. The highest BCUT2D eigenvalue weighted by molar-refractivity contribution is 5.95. The zero-order valence-electron chi connectivity index (χ0n) is 14.2. The molecule has 138 valence electrons. The van der Waals surface area contributed by atoms with Crippen LogP contribution in [0.2, 0.25) is 0 Å². The minimum Gasteiger partial charge on any atom is -0.405 e. The van der Waals surface area contributed by atoms with Crippen LogP contribution in [-0.4, -0.2) is 17.3 Å². The second kappa shape index (κ2) is 8.72. The number of amides is 1. The standard InChI is InChI=1S/C19H14F3N3O2/c1-13(26)25-16-7-5-8-17(27-19(20,21)22)18(16)14-9-10-15(24-12-14)6-3-2-4-11-23/h5,7-10,12H,2,4H2,1H3,(H,25,26). The van der Waals surface area contributed by atoms with Gasteiger partial charge in [0.1, 0.15) is 11.4 Å². The highest BCUT2D eigenvalue weighted by Gasteiger charge is 2.32.